The van der Waals surface area contributed by atoms with Crippen molar-refractivity contribution in [1.82, 2.24) is 9.55 Å². The highest BCUT2D eigenvalue weighted by molar-refractivity contribution is 6.08. The molecule has 4 aromatic rings. The number of nitrogens with zero attached hydrogens (tertiary/aromatic N) is 2. The van der Waals surface area contributed by atoms with Crippen molar-refractivity contribution in [2.45, 2.75) is 19.9 Å². The van der Waals surface area contributed by atoms with Crippen LogP contribution in [0.3, 0.4) is 0 Å². The van der Waals surface area contributed by atoms with Crippen molar-refractivity contribution in [1.29, 1.82) is 0 Å². The molecule has 1 aliphatic heterocycles. The monoisotopic (exact) mass is 381 g/mol. The van der Waals surface area contributed by atoms with Crippen LogP contribution in [0.5, 0.6) is 0 Å². The van der Waals surface area contributed by atoms with Crippen molar-refractivity contribution in [3.8, 4) is 22.5 Å². The molecule has 0 radical (unpaired) electrons. The molecule has 0 atom stereocenters. The summed E-state index contributed by atoms with van der Waals surface area (Å²) >= 11 is 0. The third-order valence-corrected chi connectivity index (χ3v) is 5.27. The van der Waals surface area contributed by atoms with E-state index in [2.05, 4.69) is 16.0 Å². The number of carbonyl (C=O) groups is 2. The molecular formula is C24H19N3O2. The van der Waals surface area contributed by atoms with E-state index in [4.69, 9.17) is 4.98 Å². The minimum absolute atomic E-state index is 0.0931. The van der Waals surface area contributed by atoms with Crippen molar-refractivity contribution in [2.75, 3.05) is 5.32 Å². The second kappa shape index (κ2) is 6.71. The molecule has 142 valence electrons. The van der Waals surface area contributed by atoms with Crippen LogP contribution in [0, 0.1) is 0 Å². The maximum absolute atomic E-state index is 12.3. The Morgan fingerprint density at radius 1 is 0.966 bits per heavy atom. The molecule has 1 aromatic heterocycles. The molecule has 0 unspecified atom stereocenters. The second-order valence-corrected chi connectivity index (χ2v) is 7.28. The van der Waals surface area contributed by atoms with Crippen LogP contribution >= 0.6 is 0 Å². The lowest BCUT2D eigenvalue weighted by molar-refractivity contribution is -0.114. The van der Waals surface area contributed by atoms with Gasteiger partial charge in [0, 0.05) is 36.7 Å². The topological polar surface area (TPSA) is 64.0 Å². The van der Waals surface area contributed by atoms with Gasteiger partial charge in [-0.2, -0.15) is 0 Å². The standard InChI is InChI=1S/C24H19N3O2/c1-15(28)25-19-8-3-6-17(14-19)16-5-2-7-18(13-16)24-26-21-10-4-9-20-22(29)11-12-27(24)23(20)21/h2-10,13-14H,11-12H2,1H3,(H,25,28). The van der Waals surface area contributed by atoms with E-state index < -0.39 is 0 Å². The maximum Gasteiger partial charge on any atom is 0.221 e. The Labute approximate surface area is 168 Å². The third-order valence-electron chi connectivity index (χ3n) is 5.27. The summed E-state index contributed by atoms with van der Waals surface area (Å²) in [5, 5.41) is 2.83. The van der Waals surface area contributed by atoms with E-state index in [-0.39, 0.29) is 11.7 Å². The summed E-state index contributed by atoms with van der Waals surface area (Å²) in [5.74, 6) is 0.960. The Morgan fingerprint density at radius 2 is 1.69 bits per heavy atom. The fourth-order valence-corrected chi connectivity index (χ4v) is 4.01. The number of benzene rings is 3. The van der Waals surface area contributed by atoms with E-state index >= 15 is 0 Å². The van der Waals surface area contributed by atoms with Crippen molar-refractivity contribution >= 4 is 28.4 Å². The molecule has 0 bridgehead atoms. The first-order chi connectivity index (χ1) is 14.1. The van der Waals surface area contributed by atoms with E-state index in [9.17, 15) is 9.59 Å². The van der Waals surface area contributed by atoms with E-state index in [0.29, 0.717) is 13.0 Å². The number of hydrogen-bond donors (Lipinski definition) is 1. The van der Waals surface area contributed by atoms with Gasteiger partial charge in [0.2, 0.25) is 5.91 Å². The lowest BCUT2D eigenvalue weighted by Crippen LogP contribution is -2.14. The molecule has 0 aliphatic carbocycles. The van der Waals surface area contributed by atoms with Crippen LogP contribution in [0.15, 0.2) is 66.7 Å². The summed E-state index contributed by atoms with van der Waals surface area (Å²) in [4.78, 5) is 28.5. The predicted octanol–water partition coefficient (Wildman–Crippen LogP) is 4.92. The highest BCUT2D eigenvalue weighted by Gasteiger charge is 2.23. The lowest BCUT2D eigenvalue weighted by atomic mass is 10.0. The fraction of sp³-hybridized carbons (Fsp3) is 0.125. The summed E-state index contributed by atoms with van der Waals surface area (Å²) in [6, 6.07) is 21.7. The van der Waals surface area contributed by atoms with E-state index in [1.165, 1.54) is 6.92 Å². The van der Waals surface area contributed by atoms with Gasteiger partial charge in [-0.1, -0.05) is 36.4 Å². The number of imidazole rings is 1. The molecule has 29 heavy (non-hydrogen) atoms. The minimum Gasteiger partial charge on any atom is -0.326 e. The Bertz CT molecular complexity index is 1290. The average molecular weight is 381 g/mol. The van der Waals surface area contributed by atoms with Crippen LogP contribution in [0.25, 0.3) is 33.5 Å². The van der Waals surface area contributed by atoms with Gasteiger partial charge in [0.15, 0.2) is 5.78 Å². The molecular weight excluding hydrogens is 362 g/mol. The third kappa shape index (κ3) is 3.01. The van der Waals surface area contributed by atoms with E-state index in [1.54, 1.807) is 0 Å². The van der Waals surface area contributed by atoms with Gasteiger partial charge < -0.3 is 9.88 Å². The molecule has 0 spiro atoms. The van der Waals surface area contributed by atoms with Crippen LogP contribution in [0.1, 0.15) is 23.7 Å². The quantitative estimate of drug-likeness (QED) is 0.548. The van der Waals surface area contributed by atoms with Crippen LogP contribution in [0.4, 0.5) is 5.69 Å². The van der Waals surface area contributed by atoms with Gasteiger partial charge >= 0.3 is 0 Å². The number of hydrogen-bond acceptors (Lipinski definition) is 3. The summed E-state index contributed by atoms with van der Waals surface area (Å²) in [5.41, 5.74) is 6.37. The summed E-state index contributed by atoms with van der Waals surface area (Å²) in [7, 11) is 0. The van der Waals surface area contributed by atoms with E-state index in [1.807, 2.05) is 60.7 Å². The van der Waals surface area contributed by atoms with Crippen LogP contribution in [-0.4, -0.2) is 21.2 Å². The smallest absolute Gasteiger partial charge is 0.221 e. The molecule has 3 aromatic carbocycles. The SMILES string of the molecule is CC(=O)Nc1cccc(-c2cccc(-c3nc4cccc5c4n3CCC5=O)c2)c1. The van der Waals surface area contributed by atoms with Gasteiger partial charge in [-0.05, 0) is 41.5 Å². The van der Waals surface area contributed by atoms with Crippen LogP contribution < -0.4 is 5.32 Å². The molecule has 1 N–H and O–H groups in total. The molecule has 1 amide bonds. The van der Waals surface area contributed by atoms with Gasteiger partial charge in [0.05, 0.1) is 11.0 Å². The number of nitrogens with one attached hydrogen (secondary N) is 1. The van der Waals surface area contributed by atoms with Gasteiger partial charge in [-0.3, -0.25) is 9.59 Å². The average Bonchev–Trinajstić information content (AvgIpc) is 3.10. The number of aryl methyl sites for hydroxylation is 1. The molecule has 0 saturated heterocycles. The Balaban J connectivity index is 1.62. The second-order valence-electron chi connectivity index (χ2n) is 7.28. The summed E-state index contributed by atoms with van der Waals surface area (Å²) < 4.78 is 2.15. The zero-order chi connectivity index (χ0) is 20.0. The number of aromatic nitrogens is 2. The zero-order valence-electron chi connectivity index (χ0n) is 16.0. The normalized spacial score (nSPS) is 12.9. The molecule has 2 heterocycles. The van der Waals surface area contributed by atoms with Crippen molar-refractivity contribution in [3.05, 3.63) is 72.3 Å². The van der Waals surface area contributed by atoms with Crippen molar-refractivity contribution in [3.63, 3.8) is 0 Å². The molecule has 0 saturated carbocycles. The first-order valence-electron chi connectivity index (χ1n) is 9.61. The highest BCUT2D eigenvalue weighted by atomic mass is 16.1. The molecule has 5 heteroatoms. The Kier molecular flexibility index (Phi) is 4.02. The van der Waals surface area contributed by atoms with Gasteiger partial charge in [-0.15, -0.1) is 0 Å². The number of anilines is 1. The molecule has 1 aliphatic rings. The van der Waals surface area contributed by atoms with Crippen LogP contribution in [-0.2, 0) is 11.3 Å². The summed E-state index contributed by atoms with van der Waals surface area (Å²) in [6.07, 6.45) is 0.494. The number of para-hydroxylation sites is 1. The lowest BCUT2D eigenvalue weighted by Gasteiger charge is -2.16. The minimum atomic E-state index is -0.0931. The van der Waals surface area contributed by atoms with Gasteiger partial charge in [0.1, 0.15) is 5.82 Å². The number of Topliss-reactive ketones (excluding diaryl/α,β-unsaturated/α-hetero) is 1. The predicted molar refractivity (Wildman–Crippen MR) is 114 cm³/mol. The molecule has 0 fully saturated rings. The first-order valence-corrected chi connectivity index (χ1v) is 9.61. The Morgan fingerprint density at radius 3 is 2.52 bits per heavy atom. The Hall–Kier alpha value is -3.73. The number of rotatable bonds is 3. The van der Waals surface area contributed by atoms with Crippen molar-refractivity contribution in [2.24, 2.45) is 0 Å². The highest BCUT2D eigenvalue weighted by Crippen LogP contribution is 2.33. The van der Waals surface area contributed by atoms with Crippen molar-refractivity contribution < 1.29 is 9.59 Å². The van der Waals surface area contributed by atoms with Crippen LogP contribution in [0.2, 0.25) is 0 Å². The molecule has 5 nitrogen and oxygen atoms in total. The largest absolute Gasteiger partial charge is 0.326 e. The molecule has 5 rings (SSSR count). The summed E-state index contributed by atoms with van der Waals surface area (Å²) in [6.45, 7) is 2.14. The number of ketones is 1. The van der Waals surface area contributed by atoms with E-state index in [0.717, 1.165) is 44.8 Å². The van der Waals surface area contributed by atoms with Gasteiger partial charge in [-0.25, -0.2) is 4.98 Å². The zero-order valence-corrected chi connectivity index (χ0v) is 16.0. The fourth-order valence-electron chi connectivity index (χ4n) is 4.01. The number of carbonyl (C=O) groups excluding carboxylic acids is 2. The maximum atomic E-state index is 12.3. The number of amides is 1. The van der Waals surface area contributed by atoms with Gasteiger partial charge in [0.25, 0.3) is 0 Å². The first kappa shape index (κ1) is 17.4.